The zero-order valence-corrected chi connectivity index (χ0v) is 19.3. The Balaban J connectivity index is 1.47. The summed E-state index contributed by atoms with van der Waals surface area (Å²) in [6.45, 7) is 4.65. The van der Waals surface area contributed by atoms with E-state index in [0.717, 1.165) is 12.8 Å². The van der Waals surface area contributed by atoms with Crippen molar-refractivity contribution in [3.8, 4) is 17.6 Å². The molecule has 178 valence electrons. The Morgan fingerprint density at radius 1 is 0.939 bits per heavy atom. The van der Waals surface area contributed by atoms with Crippen LogP contribution in [0.15, 0.2) is 30.3 Å². The van der Waals surface area contributed by atoms with E-state index in [-0.39, 0.29) is 36.0 Å². The van der Waals surface area contributed by atoms with Gasteiger partial charge in [0.15, 0.2) is 29.5 Å². The van der Waals surface area contributed by atoms with Crippen molar-refractivity contribution in [1.82, 2.24) is 0 Å². The first kappa shape index (κ1) is 25.1. The smallest absolute Gasteiger partial charge is 0.184 e. The molecule has 0 atom stereocenters. The summed E-state index contributed by atoms with van der Waals surface area (Å²) in [6, 6.07) is 7.61. The van der Waals surface area contributed by atoms with Crippen LogP contribution < -0.4 is 4.74 Å². The molecular formula is C27H31F3O3. The third-order valence-corrected chi connectivity index (χ3v) is 5.57. The van der Waals surface area contributed by atoms with Crippen LogP contribution in [0, 0.1) is 42.1 Å². The average Bonchev–Trinajstić information content (AvgIpc) is 2.83. The van der Waals surface area contributed by atoms with Crippen LogP contribution in [-0.4, -0.2) is 19.8 Å². The highest BCUT2D eigenvalue weighted by molar-refractivity contribution is 5.38. The zero-order valence-electron chi connectivity index (χ0n) is 19.3. The molecule has 0 N–H and O–H groups in total. The highest BCUT2D eigenvalue weighted by atomic mass is 19.2. The van der Waals surface area contributed by atoms with Gasteiger partial charge in [-0.1, -0.05) is 63.0 Å². The topological polar surface area (TPSA) is 27.7 Å². The summed E-state index contributed by atoms with van der Waals surface area (Å²) < 4.78 is 59.0. The first-order chi connectivity index (χ1) is 16.0. The second-order valence-corrected chi connectivity index (χ2v) is 8.33. The van der Waals surface area contributed by atoms with Crippen LogP contribution in [-0.2, 0) is 9.47 Å². The minimum Gasteiger partial charge on any atom is -0.491 e. The zero-order chi connectivity index (χ0) is 23.6. The molecule has 0 aliphatic carbocycles. The molecule has 2 aromatic carbocycles. The fourth-order valence-electron chi connectivity index (χ4n) is 3.55. The van der Waals surface area contributed by atoms with Crippen LogP contribution >= 0.6 is 0 Å². The lowest BCUT2D eigenvalue weighted by Crippen LogP contribution is -2.26. The van der Waals surface area contributed by atoms with E-state index in [1.165, 1.54) is 50.8 Å². The standard InChI is InChI=1S/C27H31F3O3/c1-3-4-5-6-7-8-15-31-24-14-13-22(16-23(24)28)27-32-17-20(18-33-27)10-12-21-11-9-19(2)25(29)26(21)30/h9,11,13-14,16,20,27H,3-8,15,17-18H2,1-2H3. The molecule has 1 aliphatic heterocycles. The molecule has 6 heteroatoms. The quantitative estimate of drug-likeness (QED) is 0.302. The molecule has 3 nitrogen and oxygen atoms in total. The molecule has 0 aromatic heterocycles. The normalized spacial score (nSPS) is 18.0. The summed E-state index contributed by atoms with van der Waals surface area (Å²) in [5.74, 6) is 3.15. The van der Waals surface area contributed by atoms with Gasteiger partial charge in [-0.15, -0.1) is 0 Å². The highest BCUT2D eigenvalue weighted by Crippen LogP contribution is 2.28. The van der Waals surface area contributed by atoms with Crippen molar-refractivity contribution in [3.05, 3.63) is 64.5 Å². The van der Waals surface area contributed by atoms with E-state index in [9.17, 15) is 13.2 Å². The predicted octanol–water partition coefficient (Wildman–Crippen LogP) is 6.86. The fourth-order valence-corrected chi connectivity index (χ4v) is 3.55. The van der Waals surface area contributed by atoms with Crippen molar-refractivity contribution >= 4 is 0 Å². The van der Waals surface area contributed by atoms with E-state index in [1.54, 1.807) is 12.1 Å². The number of hydrogen-bond donors (Lipinski definition) is 0. The summed E-state index contributed by atoms with van der Waals surface area (Å²) in [6.07, 6.45) is 6.15. The van der Waals surface area contributed by atoms with Crippen LogP contribution in [0.2, 0.25) is 0 Å². The number of rotatable bonds is 9. The maximum absolute atomic E-state index is 14.4. The van der Waals surface area contributed by atoms with Gasteiger partial charge in [-0.25, -0.2) is 13.2 Å². The minimum absolute atomic E-state index is 0.00107. The SMILES string of the molecule is CCCCCCCCOc1ccc(C2OCC(C#Cc3ccc(C)c(F)c3F)CO2)cc1F. The molecule has 0 spiro atoms. The molecule has 3 rings (SSSR count). The number of ether oxygens (including phenoxy) is 3. The molecule has 0 amide bonds. The third-order valence-electron chi connectivity index (χ3n) is 5.57. The Labute approximate surface area is 194 Å². The van der Waals surface area contributed by atoms with E-state index in [1.807, 2.05) is 0 Å². The van der Waals surface area contributed by atoms with Gasteiger partial charge in [0.2, 0.25) is 0 Å². The second kappa shape index (κ2) is 12.7. The highest BCUT2D eigenvalue weighted by Gasteiger charge is 2.23. The van der Waals surface area contributed by atoms with E-state index < -0.39 is 23.7 Å². The average molecular weight is 461 g/mol. The Morgan fingerprint density at radius 2 is 1.67 bits per heavy atom. The van der Waals surface area contributed by atoms with Crippen molar-refractivity contribution in [2.75, 3.05) is 19.8 Å². The lowest BCUT2D eigenvalue weighted by Gasteiger charge is -2.27. The monoisotopic (exact) mass is 460 g/mol. The van der Waals surface area contributed by atoms with Gasteiger partial charge in [0.25, 0.3) is 0 Å². The van der Waals surface area contributed by atoms with Gasteiger partial charge in [-0.3, -0.25) is 0 Å². The summed E-state index contributed by atoms with van der Waals surface area (Å²) in [5.41, 5.74) is 0.785. The van der Waals surface area contributed by atoms with Gasteiger partial charge >= 0.3 is 0 Å². The van der Waals surface area contributed by atoms with Gasteiger partial charge in [0, 0.05) is 5.56 Å². The lowest BCUT2D eigenvalue weighted by molar-refractivity contribution is -0.196. The molecule has 0 unspecified atom stereocenters. The van der Waals surface area contributed by atoms with E-state index in [0.29, 0.717) is 12.2 Å². The van der Waals surface area contributed by atoms with Crippen LogP contribution in [0.3, 0.4) is 0 Å². The summed E-state index contributed by atoms with van der Waals surface area (Å²) in [7, 11) is 0. The number of unbranched alkanes of at least 4 members (excludes halogenated alkanes) is 5. The molecule has 0 radical (unpaired) electrons. The molecule has 1 fully saturated rings. The third kappa shape index (κ3) is 7.25. The molecule has 1 saturated heterocycles. The summed E-state index contributed by atoms with van der Waals surface area (Å²) >= 11 is 0. The molecule has 0 bridgehead atoms. The Bertz CT molecular complexity index is 973. The van der Waals surface area contributed by atoms with Crippen LogP contribution in [0.5, 0.6) is 5.75 Å². The number of halogens is 3. The first-order valence-electron chi connectivity index (χ1n) is 11.6. The van der Waals surface area contributed by atoms with Crippen molar-refractivity contribution < 1.29 is 27.4 Å². The van der Waals surface area contributed by atoms with Crippen molar-refractivity contribution in [1.29, 1.82) is 0 Å². The fraction of sp³-hybridized carbons (Fsp3) is 0.481. The van der Waals surface area contributed by atoms with Crippen molar-refractivity contribution in [2.24, 2.45) is 5.92 Å². The molecule has 2 aromatic rings. The van der Waals surface area contributed by atoms with E-state index in [2.05, 4.69) is 18.8 Å². The molecule has 1 heterocycles. The Hall–Kier alpha value is -2.49. The number of benzene rings is 2. The second-order valence-electron chi connectivity index (χ2n) is 8.33. The van der Waals surface area contributed by atoms with E-state index >= 15 is 0 Å². The molecule has 1 aliphatic rings. The Kier molecular flexibility index (Phi) is 9.65. The molecular weight excluding hydrogens is 429 g/mol. The molecule has 33 heavy (non-hydrogen) atoms. The lowest BCUT2D eigenvalue weighted by atomic mass is 10.1. The van der Waals surface area contributed by atoms with Crippen molar-refractivity contribution in [2.45, 2.75) is 58.7 Å². The van der Waals surface area contributed by atoms with Gasteiger partial charge < -0.3 is 14.2 Å². The van der Waals surface area contributed by atoms with E-state index in [4.69, 9.17) is 14.2 Å². The summed E-state index contributed by atoms with van der Waals surface area (Å²) in [5, 5.41) is 0. The van der Waals surface area contributed by atoms with Gasteiger partial charge in [0.1, 0.15) is 0 Å². The largest absolute Gasteiger partial charge is 0.491 e. The maximum Gasteiger partial charge on any atom is 0.184 e. The maximum atomic E-state index is 14.4. The number of aryl methyl sites for hydroxylation is 1. The van der Waals surface area contributed by atoms with Gasteiger partial charge in [-0.2, -0.15) is 0 Å². The Morgan fingerprint density at radius 3 is 2.39 bits per heavy atom. The first-order valence-corrected chi connectivity index (χ1v) is 11.6. The van der Waals surface area contributed by atoms with Crippen LogP contribution in [0.4, 0.5) is 13.2 Å². The number of hydrogen-bond acceptors (Lipinski definition) is 3. The van der Waals surface area contributed by atoms with Crippen LogP contribution in [0.1, 0.15) is 68.4 Å². The summed E-state index contributed by atoms with van der Waals surface area (Å²) in [4.78, 5) is 0. The van der Waals surface area contributed by atoms with Crippen molar-refractivity contribution in [3.63, 3.8) is 0 Å². The predicted molar refractivity (Wildman–Crippen MR) is 121 cm³/mol. The van der Waals surface area contributed by atoms with Gasteiger partial charge in [0.05, 0.1) is 31.3 Å². The molecule has 0 saturated carbocycles. The van der Waals surface area contributed by atoms with Crippen LogP contribution in [0.25, 0.3) is 0 Å². The van der Waals surface area contributed by atoms with Gasteiger partial charge in [-0.05, 0) is 37.1 Å². The minimum atomic E-state index is -0.952.